The van der Waals surface area contributed by atoms with Gasteiger partial charge in [0, 0.05) is 28.3 Å². The Balaban J connectivity index is 1.45. The normalized spacial score (nSPS) is 26.9. The smallest absolute Gasteiger partial charge is 0.0463 e. The minimum Gasteiger partial charge on any atom is -0.355 e. The van der Waals surface area contributed by atoms with Gasteiger partial charge in [-0.3, -0.25) is 0 Å². The third-order valence-corrected chi connectivity index (χ3v) is 8.86. The van der Waals surface area contributed by atoms with E-state index in [0.29, 0.717) is 11.8 Å². The van der Waals surface area contributed by atoms with Crippen LogP contribution >= 0.6 is 0 Å². The van der Waals surface area contributed by atoms with Crippen molar-refractivity contribution in [3.05, 3.63) is 120 Å². The quantitative estimate of drug-likeness (QED) is 0.385. The molecule has 1 spiro atoms. The number of benzene rings is 3. The van der Waals surface area contributed by atoms with E-state index in [9.17, 15) is 0 Å². The van der Waals surface area contributed by atoms with Gasteiger partial charge in [-0.2, -0.15) is 0 Å². The molecule has 0 saturated heterocycles. The van der Waals surface area contributed by atoms with Gasteiger partial charge in [-0.15, -0.1) is 0 Å². The fourth-order valence-corrected chi connectivity index (χ4v) is 7.26. The molecular formula is C34H35N. The van der Waals surface area contributed by atoms with Gasteiger partial charge in [0.1, 0.15) is 0 Å². The molecule has 1 fully saturated rings. The fraction of sp³-hybridized carbons (Fsp3) is 0.294. The molecule has 3 aromatic carbocycles. The van der Waals surface area contributed by atoms with E-state index >= 15 is 0 Å². The molecule has 4 atom stereocenters. The van der Waals surface area contributed by atoms with Crippen molar-refractivity contribution < 1.29 is 0 Å². The molecule has 3 aromatic rings. The van der Waals surface area contributed by atoms with E-state index in [1.54, 1.807) is 5.57 Å². The minimum absolute atomic E-state index is 0.0347. The topological polar surface area (TPSA) is 12.0 Å². The lowest BCUT2D eigenvalue weighted by Crippen LogP contribution is -2.41. The Morgan fingerprint density at radius 3 is 2.60 bits per heavy atom. The Labute approximate surface area is 210 Å². The maximum absolute atomic E-state index is 4.77. The van der Waals surface area contributed by atoms with Crippen molar-refractivity contribution >= 4 is 11.4 Å². The zero-order valence-electron chi connectivity index (χ0n) is 20.9. The molecule has 1 heteroatoms. The second-order valence-electron chi connectivity index (χ2n) is 10.7. The molecule has 0 aliphatic heterocycles. The zero-order valence-corrected chi connectivity index (χ0v) is 20.9. The van der Waals surface area contributed by atoms with Gasteiger partial charge < -0.3 is 5.32 Å². The summed E-state index contributed by atoms with van der Waals surface area (Å²) >= 11 is 0. The lowest BCUT2D eigenvalue weighted by Gasteiger charge is -2.47. The molecule has 6 rings (SSSR count). The predicted molar refractivity (Wildman–Crippen MR) is 149 cm³/mol. The standard InChI is InChI=1S/C34H35N/c1-4-25-20-23(2)34(24(3)21-25)31-16-10-8-15-29(31)30-19-18-27(22-32(30)34)35-33-17-11-9-14-28(33)26-12-6-5-7-13-26/h5-14,16-19,22,24-25,29,35H,2,4,15,20-21H2,1,3H3. The SMILES string of the molecule is C=C1CC(CC)CC(C)C12C1=CC=CCC1c1ccc(Nc3ccccc3-c3ccccc3)cc12. The summed E-state index contributed by atoms with van der Waals surface area (Å²) in [6.07, 6.45) is 11.8. The molecule has 0 aromatic heterocycles. The minimum atomic E-state index is -0.0347. The van der Waals surface area contributed by atoms with E-state index < -0.39 is 0 Å². The van der Waals surface area contributed by atoms with Crippen molar-refractivity contribution in [1.29, 1.82) is 0 Å². The molecule has 1 nitrogen and oxygen atoms in total. The summed E-state index contributed by atoms with van der Waals surface area (Å²) in [6.45, 7) is 9.58. The predicted octanol–water partition coefficient (Wildman–Crippen LogP) is 9.33. The summed E-state index contributed by atoms with van der Waals surface area (Å²) < 4.78 is 0. The Kier molecular flexibility index (Phi) is 5.52. The van der Waals surface area contributed by atoms with Crippen molar-refractivity contribution in [3.8, 4) is 11.1 Å². The third-order valence-electron chi connectivity index (χ3n) is 8.86. The maximum atomic E-state index is 4.77. The van der Waals surface area contributed by atoms with Crippen LogP contribution in [0.1, 0.15) is 56.6 Å². The summed E-state index contributed by atoms with van der Waals surface area (Å²) in [4.78, 5) is 0. The summed E-state index contributed by atoms with van der Waals surface area (Å²) in [7, 11) is 0. The van der Waals surface area contributed by atoms with E-state index in [1.807, 2.05) is 0 Å². The van der Waals surface area contributed by atoms with Crippen LogP contribution in [0.4, 0.5) is 11.4 Å². The Hall–Kier alpha value is -3.32. The molecule has 3 aliphatic rings. The second-order valence-corrected chi connectivity index (χ2v) is 10.7. The van der Waals surface area contributed by atoms with Crippen molar-refractivity contribution in [2.75, 3.05) is 5.32 Å². The Morgan fingerprint density at radius 2 is 1.80 bits per heavy atom. The zero-order chi connectivity index (χ0) is 24.0. The van der Waals surface area contributed by atoms with Crippen molar-refractivity contribution in [3.63, 3.8) is 0 Å². The highest BCUT2D eigenvalue weighted by atomic mass is 14.9. The average Bonchev–Trinajstić information content (AvgIpc) is 3.19. The first-order chi connectivity index (χ1) is 17.1. The molecule has 3 aliphatic carbocycles. The molecule has 1 N–H and O–H groups in total. The maximum Gasteiger partial charge on any atom is 0.0463 e. The van der Waals surface area contributed by atoms with Crippen LogP contribution in [0, 0.1) is 11.8 Å². The van der Waals surface area contributed by atoms with Gasteiger partial charge in [0.05, 0.1) is 0 Å². The second kappa shape index (κ2) is 8.72. The summed E-state index contributed by atoms with van der Waals surface area (Å²) in [5.41, 5.74) is 10.7. The highest BCUT2D eigenvalue weighted by Crippen LogP contribution is 2.63. The highest BCUT2D eigenvalue weighted by Gasteiger charge is 2.54. The van der Waals surface area contributed by atoms with Crippen molar-refractivity contribution in [1.82, 2.24) is 0 Å². The molecule has 1 saturated carbocycles. The molecule has 0 radical (unpaired) electrons. The largest absolute Gasteiger partial charge is 0.355 e. The summed E-state index contributed by atoms with van der Waals surface area (Å²) in [6, 6.07) is 26.4. The molecule has 0 amide bonds. The molecular weight excluding hydrogens is 422 g/mol. The Morgan fingerprint density at radius 1 is 1.00 bits per heavy atom. The fourth-order valence-electron chi connectivity index (χ4n) is 7.26. The van der Waals surface area contributed by atoms with Gasteiger partial charge in [0.25, 0.3) is 0 Å². The number of nitrogens with one attached hydrogen (secondary N) is 1. The highest BCUT2D eigenvalue weighted by molar-refractivity contribution is 5.81. The monoisotopic (exact) mass is 457 g/mol. The van der Waals surface area contributed by atoms with Crippen LogP contribution in [0.15, 0.2) is 109 Å². The van der Waals surface area contributed by atoms with Gasteiger partial charge >= 0.3 is 0 Å². The molecule has 4 unspecified atom stereocenters. The first kappa shape index (κ1) is 22.2. The van der Waals surface area contributed by atoms with E-state index in [-0.39, 0.29) is 5.41 Å². The first-order valence-corrected chi connectivity index (χ1v) is 13.2. The lowest BCUT2D eigenvalue weighted by atomic mass is 9.56. The van der Waals surface area contributed by atoms with Crippen LogP contribution in [0.5, 0.6) is 0 Å². The Bertz CT molecular complexity index is 1330. The van der Waals surface area contributed by atoms with Crippen LogP contribution in [0.25, 0.3) is 11.1 Å². The van der Waals surface area contributed by atoms with Crippen LogP contribution in [0.3, 0.4) is 0 Å². The number of allylic oxidation sites excluding steroid dienone is 5. The van der Waals surface area contributed by atoms with E-state index in [0.717, 1.165) is 30.1 Å². The van der Waals surface area contributed by atoms with E-state index in [1.165, 1.54) is 40.7 Å². The summed E-state index contributed by atoms with van der Waals surface area (Å²) in [5.74, 6) is 1.80. The van der Waals surface area contributed by atoms with Gasteiger partial charge in [-0.25, -0.2) is 0 Å². The van der Waals surface area contributed by atoms with Crippen LogP contribution in [-0.4, -0.2) is 0 Å². The van der Waals surface area contributed by atoms with E-state index in [4.69, 9.17) is 6.58 Å². The third kappa shape index (κ3) is 3.44. The summed E-state index contributed by atoms with van der Waals surface area (Å²) in [5, 5.41) is 3.79. The first-order valence-electron chi connectivity index (χ1n) is 13.2. The number of hydrogen-bond donors (Lipinski definition) is 1. The van der Waals surface area contributed by atoms with Gasteiger partial charge in [-0.05, 0) is 71.6 Å². The van der Waals surface area contributed by atoms with Gasteiger partial charge in [-0.1, -0.05) is 105 Å². The number of fused-ring (bicyclic) bond motifs is 5. The van der Waals surface area contributed by atoms with Gasteiger partial charge in [0.2, 0.25) is 0 Å². The molecule has 35 heavy (non-hydrogen) atoms. The molecule has 0 heterocycles. The van der Waals surface area contributed by atoms with E-state index in [2.05, 4.69) is 110 Å². The van der Waals surface area contributed by atoms with Gasteiger partial charge in [0.15, 0.2) is 0 Å². The van der Waals surface area contributed by atoms with Crippen molar-refractivity contribution in [2.45, 2.75) is 50.9 Å². The van der Waals surface area contributed by atoms with Crippen LogP contribution < -0.4 is 5.32 Å². The molecule has 176 valence electrons. The number of anilines is 2. The average molecular weight is 458 g/mol. The van der Waals surface area contributed by atoms with Crippen LogP contribution in [0.2, 0.25) is 0 Å². The number of rotatable bonds is 4. The number of para-hydroxylation sites is 1. The van der Waals surface area contributed by atoms with Crippen molar-refractivity contribution in [2.24, 2.45) is 11.8 Å². The lowest BCUT2D eigenvalue weighted by molar-refractivity contribution is 0.243. The number of hydrogen-bond acceptors (Lipinski definition) is 1. The van der Waals surface area contributed by atoms with Crippen LogP contribution in [-0.2, 0) is 5.41 Å². The molecule has 0 bridgehead atoms.